The van der Waals surface area contributed by atoms with Gasteiger partial charge in [0.1, 0.15) is 17.8 Å². The van der Waals surface area contributed by atoms with Crippen LogP contribution in [0.3, 0.4) is 0 Å². The van der Waals surface area contributed by atoms with Crippen molar-refractivity contribution in [1.29, 1.82) is 0 Å². The van der Waals surface area contributed by atoms with E-state index in [9.17, 15) is 4.79 Å². The average molecular weight is 485 g/mol. The first-order valence-corrected chi connectivity index (χ1v) is 12.8. The third-order valence-electron chi connectivity index (χ3n) is 7.39. The maximum Gasteiger partial charge on any atom is 0.231 e. The molecule has 9 heteroatoms. The van der Waals surface area contributed by atoms with E-state index in [4.69, 9.17) is 10.7 Å². The molecule has 1 saturated carbocycles. The molecular weight excluding hydrogens is 452 g/mol. The molecule has 6 rings (SSSR count). The standard InChI is InChI=1S/C27H32N8O/c28-25(36)18-32-13-8-21(9-14-32)16-33-15-10-24-26(33)29-19-30-27(24)34(22-6-7-22)17-20-2-4-23(5-3-20)35-12-1-11-31-35/h1-5,10-12,15,19,21-22H,6-9,13-14,16-18H2,(H2,28,36). The monoisotopic (exact) mass is 484 g/mol. The third-order valence-corrected chi connectivity index (χ3v) is 7.39. The van der Waals surface area contributed by atoms with Crippen molar-refractivity contribution in [2.45, 2.75) is 44.8 Å². The summed E-state index contributed by atoms with van der Waals surface area (Å²) in [6.07, 6.45) is 12.1. The van der Waals surface area contributed by atoms with Gasteiger partial charge in [-0.15, -0.1) is 0 Å². The molecule has 0 spiro atoms. The van der Waals surface area contributed by atoms with Crippen LogP contribution in [-0.2, 0) is 17.9 Å². The summed E-state index contributed by atoms with van der Waals surface area (Å²) in [6.45, 7) is 3.95. The fraction of sp³-hybridized carbons (Fsp3) is 0.407. The highest BCUT2D eigenvalue weighted by atomic mass is 16.1. The van der Waals surface area contributed by atoms with Crippen molar-refractivity contribution in [3.63, 3.8) is 0 Å². The molecule has 0 radical (unpaired) electrons. The lowest BCUT2D eigenvalue weighted by Crippen LogP contribution is -2.40. The summed E-state index contributed by atoms with van der Waals surface area (Å²) < 4.78 is 4.15. The highest BCUT2D eigenvalue weighted by molar-refractivity contribution is 5.88. The van der Waals surface area contributed by atoms with Crippen LogP contribution in [0.25, 0.3) is 16.7 Å². The predicted octanol–water partition coefficient (Wildman–Crippen LogP) is 2.98. The molecule has 1 saturated heterocycles. The fourth-order valence-corrected chi connectivity index (χ4v) is 5.33. The minimum atomic E-state index is -0.247. The van der Waals surface area contributed by atoms with E-state index in [1.54, 1.807) is 12.5 Å². The number of piperidine rings is 1. The van der Waals surface area contributed by atoms with Crippen LogP contribution in [0, 0.1) is 5.92 Å². The number of fused-ring (bicyclic) bond motifs is 1. The molecule has 186 valence electrons. The highest BCUT2D eigenvalue weighted by Gasteiger charge is 2.31. The van der Waals surface area contributed by atoms with Crippen molar-refractivity contribution in [3.8, 4) is 5.69 Å². The number of nitrogens with zero attached hydrogens (tertiary/aromatic N) is 7. The Morgan fingerprint density at radius 1 is 1.03 bits per heavy atom. The summed E-state index contributed by atoms with van der Waals surface area (Å²) in [7, 11) is 0. The summed E-state index contributed by atoms with van der Waals surface area (Å²) in [5.74, 6) is 1.34. The van der Waals surface area contributed by atoms with Gasteiger partial charge in [0.2, 0.25) is 5.91 Å². The van der Waals surface area contributed by atoms with E-state index < -0.39 is 0 Å². The number of primary amides is 1. The maximum atomic E-state index is 11.2. The first-order chi connectivity index (χ1) is 17.6. The van der Waals surface area contributed by atoms with Crippen molar-refractivity contribution < 1.29 is 4.79 Å². The molecule has 0 bridgehead atoms. The third kappa shape index (κ3) is 4.83. The Morgan fingerprint density at radius 3 is 2.53 bits per heavy atom. The van der Waals surface area contributed by atoms with Crippen molar-refractivity contribution in [2.75, 3.05) is 24.5 Å². The van der Waals surface area contributed by atoms with Gasteiger partial charge in [0, 0.05) is 37.7 Å². The normalized spacial score (nSPS) is 17.0. The molecule has 36 heavy (non-hydrogen) atoms. The SMILES string of the molecule is NC(=O)CN1CCC(Cn2ccc3c(N(Cc4ccc(-n5cccn5)cc4)C4CC4)ncnc32)CC1. The Balaban J connectivity index is 1.19. The molecule has 4 aromatic rings. The van der Waals surface area contributed by atoms with Crippen molar-refractivity contribution in [2.24, 2.45) is 11.7 Å². The zero-order chi connectivity index (χ0) is 24.5. The number of hydrogen-bond donors (Lipinski definition) is 1. The molecule has 2 N–H and O–H groups in total. The van der Waals surface area contributed by atoms with Gasteiger partial charge in [0.25, 0.3) is 0 Å². The number of rotatable bonds is 9. The van der Waals surface area contributed by atoms with Gasteiger partial charge >= 0.3 is 0 Å². The summed E-state index contributed by atoms with van der Waals surface area (Å²) in [6, 6.07) is 13.2. The lowest BCUT2D eigenvalue weighted by Gasteiger charge is -2.31. The minimum Gasteiger partial charge on any atom is -0.369 e. The number of anilines is 1. The molecule has 1 amide bonds. The second-order valence-corrected chi connectivity index (χ2v) is 10.1. The number of likely N-dealkylation sites (tertiary alicyclic amines) is 1. The fourth-order valence-electron chi connectivity index (χ4n) is 5.33. The zero-order valence-corrected chi connectivity index (χ0v) is 20.4. The Kier molecular flexibility index (Phi) is 6.14. The lowest BCUT2D eigenvalue weighted by atomic mass is 9.96. The molecule has 2 aliphatic rings. The minimum absolute atomic E-state index is 0.247. The van der Waals surface area contributed by atoms with E-state index in [1.165, 1.54) is 18.4 Å². The molecule has 2 fully saturated rings. The van der Waals surface area contributed by atoms with Gasteiger partial charge in [-0.3, -0.25) is 9.69 Å². The van der Waals surface area contributed by atoms with E-state index in [0.29, 0.717) is 18.5 Å². The molecule has 1 aromatic carbocycles. The van der Waals surface area contributed by atoms with Gasteiger partial charge in [-0.1, -0.05) is 12.1 Å². The Hall–Kier alpha value is -3.72. The second-order valence-electron chi connectivity index (χ2n) is 10.1. The smallest absolute Gasteiger partial charge is 0.231 e. The van der Waals surface area contributed by atoms with Crippen LogP contribution in [0.1, 0.15) is 31.2 Å². The molecule has 1 aliphatic carbocycles. The van der Waals surface area contributed by atoms with Gasteiger partial charge in [-0.05, 0) is 74.5 Å². The number of nitrogens with two attached hydrogens (primary N) is 1. The van der Waals surface area contributed by atoms with E-state index in [1.807, 2.05) is 16.9 Å². The number of carbonyl (C=O) groups excluding carboxylic acids is 1. The molecule has 9 nitrogen and oxygen atoms in total. The molecule has 4 heterocycles. The first-order valence-electron chi connectivity index (χ1n) is 12.8. The summed E-state index contributed by atoms with van der Waals surface area (Å²) in [5.41, 5.74) is 8.68. The van der Waals surface area contributed by atoms with Gasteiger partial charge in [0.15, 0.2) is 0 Å². The molecule has 0 unspecified atom stereocenters. The summed E-state index contributed by atoms with van der Waals surface area (Å²) in [5, 5.41) is 5.44. The van der Waals surface area contributed by atoms with Crippen LogP contribution >= 0.6 is 0 Å². The number of aromatic nitrogens is 5. The predicted molar refractivity (Wildman–Crippen MR) is 139 cm³/mol. The first kappa shape index (κ1) is 22.7. The van der Waals surface area contributed by atoms with Gasteiger partial charge in [0.05, 0.1) is 17.6 Å². The van der Waals surface area contributed by atoms with Gasteiger partial charge in [-0.2, -0.15) is 5.10 Å². The van der Waals surface area contributed by atoms with Crippen LogP contribution in [0.15, 0.2) is 61.3 Å². The Labute approximate surface area is 210 Å². The summed E-state index contributed by atoms with van der Waals surface area (Å²) in [4.78, 5) is 25.3. The molecule has 1 aliphatic heterocycles. The van der Waals surface area contributed by atoms with Crippen LogP contribution in [0.2, 0.25) is 0 Å². The Morgan fingerprint density at radius 2 is 1.83 bits per heavy atom. The van der Waals surface area contributed by atoms with Gasteiger partial charge < -0.3 is 15.2 Å². The van der Waals surface area contributed by atoms with Crippen molar-refractivity contribution in [3.05, 3.63) is 66.9 Å². The van der Waals surface area contributed by atoms with Crippen LogP contribution in [0.5, 0.6) is 0 Å². The van der Waals surface area contributed by atoms with Gasteiger partial charge in [-0.25, -0.2) is 14.6 Å². The number of carbonyl (C=O) groups is 1. The Bertz CT molecular complexity index is 1320. The highest BCUT2D eigenvalue weighted by Crippen LogP contribution is 2.36. The maximum absolute atomic E-state index is 11.2. The van der Waals surface area contributed by atoms with Crippen molar-refractivity contribution >= 4 is 22.8 Å². The largest absolute Gasteiger partial charge is 0.369 e. The van der Waals surface area contributed by atoms with E-state index >= 15 is 0 Å². The van der Waals surface area contributed by atoms with Crippen LogP contribution in [0.4, 0.5) is 5.82 Å². The summed E-state index contributed by atoms with van der Waals surface area (Å²) >= 11 is 0. The van der Waals surface area contributed by atoms with E-state index in [2.05, 4.69) is 61.0 Å². The lowest BCUT2D eigenvalue weighted by molar-refractivity contribution is -0.119. The molecular formula is C27H32N8O. The van der Waals surface area contributed by atoms with E-state index in [0.717, 1.165) is 61.6 Å². The van der Waals surface area contributed by atoms with E-state index in [-0.39, 0.29) is 5.91 Å². The topological polar surface area (TPSA) is 98.1 Å². The van der Waals surface area contributed by atoms with Crippen LogP contribution < -0.4 is 10.6 Å². The quantitative estimate of drug-likeness (QED) is 0.392. The molecule has 0 atom stereocenters. The number of benzene rings is 1. The average Bonchev–Trinajstić information content (AvgIpc) is 3.41. The number of hydrogen-bond acceptors (Lipinski definition) is 6. The second kappa shape index (κ2) is 9.73. The van der Waals surface area contributed by atoms with Crippen LogP contribution in [-0.4, -0.2) is 60.8 Å². The number of amides is 1. The molecule has 3 aromatic heterocycles. The van der Waals surface area contributed by atoms with Crippen molar-refractivity contribution in [1.82, 2.24) is 29.2 Å². The zero-order valence-electron chi connectivity index (χ0n) is 20.4.